The van der Waals surface area contributed by atoms with Crippen LogP contribution in [0, 0.1) is 6.92 Å². The van der Waals surface area contributed by atoms with Gasteiger partial charge in [-0.2, -0.15) is 0 Å². The number of anilines is 2. The van der Waals surface area contributed by atoms with E-state index in [1.54, 1.807) is 24.3 Å². The number of benzene rings is 4. The number of hydrogen-bond acceptors (Lipinski definition) is 4. The number of nitrogens with one attached hydrogen (secondary N) is 1. The van der Waals surface area contributed by atoms with E-state index in [1.807, 2.05) is 55.5 Å². The molecule has 4 aromatic carbocycles. The van der Waals surface area contributed by atoms with Crippen LogP contribution in [0.4, 0.5) is 11.4 Å². The number of sulfonamides is 1. The second-order valence-corrected chi connectivity index (χ2v) is 10.5. The summed E-state index contributed by atoms with van der Waals surface area (Å²) in [6.45, 7) is 1.53. The molecule has 0 aliphatic carbocycles. The molecule has 0 radical (unpaired) electrons. The SMILES string of the molecule is COc1ccc(S(=O)(=O)N(CC(=O)Nc2ccc3ccccc3c2)c2ccc(C)cc2)cc1Br. The van der Waals surface area contributed by atoms with Crippen molar-refractivity contribution >= 4 is 54.0 Å². The van der Waals surface area contributed by atoms with Crippen molar-refractivity contribution in [2.45, 2.75) is 11.8 Å². The number of aryl methyl sites for hydroxylation is 1. The van der Waals surface area contributed by atoms with Crippen molar-refractivity contribution < 1.29 is 17.9 Å². The van der Waals surface area contributed by atoms with Crippen LogP contribution in [-0.4, -0.2) is 28.0 Å². The largest absolute Gasteiger partial charge is 0.496 e. The molecule has 0 saturated heterocycles. The van der Waals surface area contributed by atoms with Crippen LogP contribution < -0.4 is 14.4 Å². The maximum Gasteiger partial charge on any atom is 0.264 e. The first-order chi connectivity index (χ1) is 16.3. The fourth-order valence-corrected chi connectivity index (χ4v) is 5.70. The zero-order valence-electron chi connectivity index (χ0n) is 18.7. The minimum atomic E-state index is -4.05. The van der Waals surface area contributed by atoms with Gasteiger partial charge in [-0.15, -0.1) is 0 Å². The minimum absolute atomic E-state index is 0.0410. The van der Waals surface area contributed by atoms with Gasteiger partial charge >= 0.3 is 0 Å². The van der Waals surface area contributed by atoms with Crippen molar-refractivity contribution in [3.63, 3.8) is 0 Å². The van der Waals surface area contributed by atoms with Crippen molar-refractivity contribution in [1.29, 1.82) is 0 Å². The summed E-state index contributed by atoms with van der Waals surface area (Å²) in [5.41, 5.74) is 1.97. The Morgan fingerprint density at radius 2 is 1.65 bits per heavy atom. The lowest BCUT2D eigenvalue weighted by Crippen LogP contribution is -2.38. The zero-order valence-corrected chi connectivity index (χ0v) is 21.1. The maximum atomic E-state index is 13.6. The van der Waals surface area contributed by atoms with Gasteiger partial charge in [-0.1, -0.05) is 48.0 Å². The standard InChI is InChI=1S/C26H23BrN2O4S/c1-18-7-11-22(12-8-18)29(34(31,32)23-13-14-25(33-2)24(27)16-23)17-26(30)28-21-10-9-19-5-3-4-6-20(19)15-21/h3-16H,17H2,1-2H3,(H,28,30). The van der Waals surface area contributed by atoms with Crippen LogP contribution in [0.5, 0.6) is 5.75 Å². The molecule has 174 valence electrons. The molecule has 0 saturated carbocycles. The minimum Gasteiger partial charge on any atom is -0.496 e. The van der Waals surface area contributed by atoms with E-state index in [-0.39, 0.29) is 11.4 Å². The molecular formula is C26H23BrN2O4S. The molecular weight excluding hydrogens is 516 g/mol. The summed E-state index contributed by atoms with van der Waals surface area (Å²) in [6, 6.07) is 24.9. The Labute approximate surface area is 207 Å². The molecule has 0 atom stereocenters. The third-order valence-corrected chi connectivity index (χ3v) is 7.74. The van der Waals surface area contributed by atoms with Gasteiger partial charge in [0.25, 0.3) is 10.0 Å². The molecule has 0 bridgehead atoms. The van der Waals surface area contributed by atoms with E-state index < -0.39 is 15.9 Å². The normalized spacial score (nSPS) is 11.3. The van der Waals surface area contributed by atoms with Gasteiger partial charge in [0.2, 0.25) is 5.91 Å². The van der Waals surface area contributed by atoms with Crippen LogP contribution >= 0.6 is 15.9 Å². The number of methoxy groups -OCH3 is 1. The molecule has 0 fully saturated rings. The summed E-state index contributed by atoms with van der Waals surface area (Å²) < 4.78 is 34.1. The van der Waals surface area contributed by atoms with Gasteiger partial charge in [0, 0.05) is 5.69 Å². The Kier molecular flexibility index (Phi) is 6.90. The molecule has 34 heavy (non-hydrogen) atoms. The third kappa shape index (κ3) is 5.08. The fraction of sp³-hybridized carbons (Fsp3) is 0.115. The quantitative estimate of drug-likeness (QED) is 0.325. The van der Waals surface area contributed by atoms with E-state index in [9.17, 15) is 13.2 Å². The summed E-state index contributed by atoms with van der Waals surface area (Å²) >= 11 is 3.34. The van der Waals surface area contributed by atoms with Crippen molar-refractivity contribution in [2.75, 3.05) is 23.3 Å². The third-order valence-electron chi connectivity index (χ3n) is 5.35. The van der Waals surface area contributed by atoms with E-state index in [0.29, 0.717) is 21.6 Å². The van der Waals surface area contributed by atoms with E-state index >= 15 is 0 Å². The maximum absolute atomic E-state index is 13.6. The highest BCUT2D eigenvalue weighted by Gasteiger charge is 2.28. The lowest BCUT2D eigenvalue weighted by Gasteiger charge is -2.24. The summed E-state index contributed by atoms with van der Waals surface area (Å²) in [6.07, 6.45) is 0. The summed E-state index contributed by atoms with van der Waals surface area (Å²) in [4.78, 5) is 13.0. The number of fused-ring (bicyclic) bond motifs is 1. The van der Waals surface area contributed by atoms with Crippen LogP contribution in [0.2, 0.25) is 0 Å². The van der Waals surface area contributed by atoms with Crippen molar-refractivity contribution in [2.24, 2.45) is 0 Å². The predicted octanol–water partition coefficient (Wildman–Crippen LogP) is 5.75. The first-order valence-electron chi connectivity index (χ1n) is 10.5. The molecule has 0 aliphatic heterocycles. The number of ether oxygens (including phenoxy) is 1. The van der Waals surface area contributed by atoms with Gasteiger partial charge in [0.15, 0.2) is 0 Å². The second-order valence-electron chi connectivity index (χ2n) is 7.75. The number of rotatable bonds is 7. The summed E-state index contributed by atoms with van der Waals surface area (Å²) in [5, 5.41) is 4.85. The number of nitrogens with zero attached hydrogens (tertiary/aromatic N) is 1. The van der Waals surface area contributed by atoms with Gasteiger partial charge < -0.3 is 10.1 Å². The van der Waals surface area contributed by atoms with Crippen LogP contribution in [0.15, 0.2) is 94.3 Å². The number of halogens is 1. The Balaban J connectivity index is 1.66. The highest BCUT2D eigenvalue weighted by molar-refractivity contribution is 9.10. The Hall–Kier alpha value is -3.36. The molecule has 0 aromatic heterocycles. The highest BCUT2D eigenvalue weighted by Crippen LogP contribution is 2.31. The van der Waals surface area contributed by atoms with Crippen molar-refractivity contribution in [1.82, 2.24) is 0 Å². The van der Waals surface area contributed by atoms with Gasteiger partial charge in [0.05, 0.1) is 22.2 Å². The van der Waals surface area contributed by atoms with E-state index in [1.165, 1.54) is 19.2 Å². The topological polar surface area (TPSA) is 75.7 Å². The van der Waals surface area contributed by atoms with Crippen molar-refractivity contribution in [3.05, 3.63) is 95.0 Å². The van der Waals surface area contributed by atoms with Crippen LogP contribution in [-0.2, 0) is 14.8 Å². The highest BCUT2D eigenvalue weighted by atomic mass is 79.9. The molecule has 0 heterocycles. The zero-order chi connectivity index (χ0) is 24.3. The van der Waals surface area contributed by atoms with Crippen LogP contribution in [0.1, 0.15) is 5.56 Å². The smallest absolute Gasteiger partial charge is 0.264 e. The number of amides is 1. The Morgan fingerprint density at radius 1 is 0.941 bits per heavy atom. The van der Waals surface area contributed by atoms with Crippen LogP contribution in [0.3, 0.4) is 0 Å². The Morgan fingerprint density at radius 3 is 2.32 bits per heavy atom. The first kappa shape index (κ1) is 23.8. The molecule has 8 heteroatoms. The number of hydrogen-bond donors (Lipinski definition) is 1. The number of carbonyl (C=O) groups is 1. The molecule has 4 aromatic rings. The number of carbonyl (C=O) groups excluding carboxylic acids is 1. The lowest BCUT2D eigenvalue weighted by atomic mass is 10.1. The lowest BCUT2D eigenvalue weighted by molar-refractivity contribution is -0.114. The van der Waals surface area contributed by atoms with E-state index in [0.717, 1.165) is 20.6 Å². The monoisotopic (exact) mass is 538 g/mol. The molecule has 4 rings (SSSR count). The van der Waals surface area contributed by atoms with Gasteiger partial charge in [-0.25, -0.2) is 8.42 Å². The molecule has 0 spiro atoms. The fourth-order valence-electron chi connectivity index (χ4n) is 3.56. The molecule has 0 aliphatic rings. The average Bonchev–Trinajstić information content (AvgIpc) is 2.83. The van der Waals surface area contributed by atoms with Crippen LogP contribution in [0.25, 0.3) is 10.8 Å². The van der Waals surface area contributed by atoms with E-state index in [4.69, 9.17) is 4.74 Å². The molecule has 0 unspecified atom stereocenters. The van der Waals surface area contributed by atoms with Gasteiger partial charge in [-0.05, 0) is 76.1 Å². The molecule has 6 nitrogen and oxygen atoms in total. The summed E-state index contributed by atoms with van der Waals surface area (Å²) in [5.74, 6) is 0.0573. The first-order valence-corrected chi connectivity index (χ1v) is 12.7. The molecule has 1 amide bonds. The average molecular weight is 539 g/mol. The van der Waals surface area contributed by atoms with Crippen molar-refractivity contribution in [3.8, 4) is 5.75 Å². The predicted molar refractivity (Wildman–Crippen MR) is 139 cm³/mol. The molecule has 1 N–H and O–H groups in total. The van der Waals surface area contributed by atoms with Gasteiger partial charge in [-0.3, -0.25) is 9.10 Å². The van der Waals surface area contributed by atoms with E-state index in [2.05, 4.69) is 21.2 Å². The summed E-state index contributed by atoms with van der Waals surface area (Å²) in [7, 11) is -2.55. The van der Waals surface area contributed by atoms with Gasteiger partial charge in [0.1, 0.15) is 12.3 Å². The Bertz CT molecular complexity index is 1450. The second kappa shape index (κ2) is 9.87.